The molecule has 1 unspecified atom stereocenters. The molecule has 1 aromatic rings. The number of rotatable bonds is 8. The largest absolute Gasteiger partial charge is 0.355 e. The van der Waals surface area contributed by atoms with Crippen molar-refractivity contribution in [1.82, 2.24) is 15.1 Å². The molecule has 0 aromatic heterocycles. The number of fused-ring (bicyclic) bond motifs is 1. The Labute approximate surface area is 181 Å². The van der Waals surface area contributed by atoms with Crippen molar-refractivity contribution in [1.29, 1.82) is 0 Å². The standard InChI is InChI=1S/C23H28FN3O4/c1-3-25-21(29)15(2)27(14-16-8-10-17(24)11-9-16)20(28)12-13-26-22(30)18-6-4-5-7-19(18)23(26)31/h4-5,8-11,15,18-19H,3,6-7,12-14H2,1-2H3,(H,25,29)/t15?,18-,19+. The number of imide groups is 1. The van der Waals surface area contributed by atoms with E-state index in [1.54, 1.807) is 26.0 Å². The fraction of sp³-hybridized carbons (Fsp3) is 0.478. The highest BCUT2D eigenvalue weighted by Gasteiger charge is 2.47. The summed E-state index contributed by atoms with van der Waals surface area (Å²) in [6.07, 6.45) is 4.85. The number of amides is 4. The van der Waals surface area contributed by atoms with E-state index in [1.165, 1.54) is 21.9 Å². The van der Waals surface area contributed by atoms with Crippen LogP contribution in [0.1, 0.15) is 38.7 Å². The fourth-order valence-electron chi connectivity index (χ4n) is 4.13. The molecule has 1 aliphatic carbocycles. The molecule has 2 aliphatic rings. The normalized spacial score (nSPS) is 21.1. The molecule has 3 atom stereocenters. The van der Waals surface area contributed by atoms with Gasteiger partial charge in [0, 0.05) is 26.1 Å². The van der Waals surface area contributed by atoms with Gasteiger partial charge in [-0.25, -0.2) is 4.39 Å². The van der Waals surface area contributed by atoms with E-state index in [-0.39, 0.29) is 60.8 Å². The second-order valence-electron chi connectivity index (χ2n) is 7.95. The Morgan fingerprint density at radius 1 is 1.13 bits per heavy atom. The van der Waals surface area contributed by atoms with Gasteiger partial charge in [-0.15, -0.1) is 0 Å². The number of hydrogen-bond donors (Lipinski definition) is 1. The number of nitrogens with one attached hydrogen (secondary N) is 1. The van der Waals surface area contributed by atoms with Crippen LogP contribution in [0.3, 0.4) is 0 Å². The molecule has 166 valence electrons. The average Bonchev–Trinajstić information content (AvgIpc) is 3.01. The van der Waals surface area contributed by atoms with E-state index in [9.17, 15) is 23.6 Å². The zero-order valence-electron chi connectivity index (χ0n) is 17.8. The molecule has 3 rings (SSSR count). The molecule has 0 saturated carbocycles. The van der Waals surface area contributed by atoms with E-state index in [1.807, 2.05) is 12.2 Å². The summed E-state index contributed by atoms with van der Waals surface area (Å²) in [5.41, 5.74) is 0.677. The van der Waals surface area contributed by atoms with Crippen molar-refractivity contribution < 1.29 is 23.6 Å². The summed E-state index contributed by atoms with van der Waals surface area (Å²) in [5, 5.41) is 2.70. The lowest BCUT2D eigenvalue weighted by Crippen LogP contribution is -2.48. The molecule has 31 heavy (non-hydrogen) atoms. The predicted octanol–water partition coefficient (Wildman–Crippen LogP) is 2.02. The van der Waals surface area contributed by atoms with Crippen molar-refractivity contribution in [3.05, 3.63) is 47.8 Å². The van der Waals surface area contributed by atoms with E-state index < -0.39 is 6.04 Å². The topological polar surface area (TPSA) is 86.8 Å². The zero-order chi connectivity index (χ0) is 22.5. The molecule has 0 radical (unpaired) electrons. The number of carbonyl (C=O) groups is 4. The van der Waals surface area contributed by atoms with Crippen LogP contribution in [-0.2, 0) is 25.7 Å². The summed E-state index contributed by atoms with van der Waals surface area (Å²) >= 11 is 0. The van der Waals surface area contributed by atoms with Crippen LogP contribution in [-0.4, -0.2) is 52.6 Å². The summed E-state index contributed by atoms with van der Waals surface area (Å²) in [5.74, 6) is -2.17. The lowest BCUT2D eigenvalue weighted by Gasteiger charge is -2.29. The van der Waals surface area contributed by atoms with Crippen molar-refractivity contribution in [2.75, 3.05) is 13.1 Å². The summed E-state index contributed by atoms with van der Waals surface area (Å²) in [6.45, 7) is 3.95. The number of likely N-dealkylation sites (tertiary alicyclic amines) is 1. The smallest absolute Gasteiger partial charge is 0.242 e. The van der Waals surface area contributed by atoms with Gasteiger partial charge in [-0.2, -0.15) is 0 Å². The number of benzene rings is 1. The van der Waals surface area contributed by atoms with Gasteiger partial charge in [0.15, 0.2) is 0 Å². The van der Waals surface area contributed by atoms with Crippen molar-refractivity contribution >= 4 is 23.6 Å². The van der Waals surface area contributed by atoms with Gasteiger partial charge in [0.1, 0.15) is 11.9 Å². The monoisotopic (exact) mass is 429 g/mol. The first kappa shape index (κ1) is 22.7. The molecule has 7 nitrogen and oxygen atoms in total. The third-order valence-corrected chi connectivity index (χ3v) is 5.93. The van der Waals surface area contributed by atoms with Crippen molar-refractivity contribution in [2.45, 2.75) is 45.7 Å². The van der Waals surface area contributed by atoms with Crippen LogP contribution in [0.2, 0.25) is 0 Å². The maximum atomic E-state index is 13.2. The first-order chi connectivity index (χ1) is 14.8. The van der Waals surface area contributed by atoms with Gasteiger partial charge < -0.3 is 10.2 Å². The minimum atomic E-state index is -0.755. The average molecular weight is 429 g/mol. The number of hydrogen-bond acceptors (Lipinski definition) is 4. The molecule has 1 heterocycles. The fourth-order valence-corrected chi connectivity index (χ4v) is 4.13. The molecule has 0 spiro atoms. The van der Waals surface area contributed by atoms with Crippen molar-refractivity contribution in [3.63, 3.8) is 0 Å². The maximum Gasteiger partial charge on any atom is 0.242 e. The Morgan fingerprint density at radius 2 is 1.71 bits per heavy atom. The molecular formula is C23H28FN3O4. The predicted molar refractivity (Wildman–Crippen MR) is 112 cm³/mol. The lowest BCUT2D eigenvalue weighted by atomic mass is 9.85. The van der Waals surface area contributed by atoms with Crippen LogP contribution in [0.25, 0.3) is 0 Å². The van der Waals surface area contributed by atoms with E-state index in [0.29, 0.717) is 24.9 Å². The van der Waals surface area contributed by atoms with E-state index in [2.05, 4.69) is 5.32 Å². The van der Waals surface area contributed by atoms with Crippen LogP contribution in [0.15, 0.2) is 36.4 Å². The molecule has 1 fully saturated rings. The van der Waals surface area contributed by atoms with E-state index in [4.69, 9.17) is 0 Å². The molecule has 1 saturated heterocycles. The Morgan fingerprint density at radius 3 is 2.26 bits per heavy atom. The zero-order valence-corrected chi connectivity index (χ0v) is 17.8. The van der Waals surface area contributed by atoms with Gasteiger partial charge in [0.2, 0.25) is 23.6 Å². The molecule has 0 bridgehead atoms. The Balaban J connectivity index is 1.70. The third kappa shape index (κ3) is 5.00. The number of allylic oxidation sites excluding steroid dienone is 2. The highest BCUT2D eigenvalue weighted by Crippen LogP contribution is 2.35. The van der Waals surface area contributed by atoms with E-state index >= 15 is 0 Å². The third-order valence-electron chi connectivity index (χ3n) is 5.93. The summed E-state index contributed by atoms with van der Waals surface area (Å²) in [6, 6.07) is 4.96. The lowest BCUT2D eigenvalue weighted by molar-refractivity contribution is -0.143. The van der Waals surface area contributed by atoms with E-state index in [0.717, 1.165) is 0 Å². The Kier molecular flexibility index (Phi) is 7.20. The Hall–Kier alpha value is -3.03. The van der Waals surface area contributed by atoms with Crippen LogP contribution >= 0.6 is 0 Å². The van der Waals surface area contributed by atoms with Gasteiger partial charge >= 0.3 is 0 Å². The van der Waals surface area contributed by atoms with Crippen LogP contribution in [0.4, 0.5) is 4.39 Å². The van der Waals surface area contributed by atoms with Crippen LogP contribution < -0.4 is 5.32 Å². The van der Waals surface area contributed by atoms with Crippen molar-refractivity contribution in [3.8, 4) is 0 Å². The molecule has 1 aromatic carbocycles. The minimum Gasteiger partial charge on any atom is -0.355 e. The highest BCUT2D eigenvalue weighted by atomic mass is 19.1. The quantitative estimate of drug-likeness (QED) is 0.506. The summed E-state index contributed by atoms with van der Waals surface area (Å²) < 4.78 is 13.2. The van der Waals surface area contributed by atoms with Crippen LogP contribution in [0, 0.1) is 17.7 Å². The second-order valence-corrected chi connectivity index (χ2v) is 7.95. The van der Waals surface area contributed by atoms with Gasteiger partial charge in [0.05, 0.1) is 11.8 Å². The second kappa shape index (κ2) is 9.85. The molecule has 8 heteroatoms. The number of carbonyl (C=O) groups excluding carboxylic acids is 4. The minimum absolute atomic E-state index is 0.00840. The van der Waals surface area contributed by atoms with Gasteiger partial charge in [-0.3, -0.25) is 24.1 Å². The summed E-state index contributed by atoms with van der Waals surface area (Å²) in [7, 11) is 0. The van der Waals surface area contributed by atoms with Gasteiger partial charge in [-0.05, 0) is 44.4 Å². The first-order valence-electron chi connectivity index (χ1n) is 10.6. The summed E-state index contributed by atoms with van der Waals surface area (Å²) in [4.78, 5) is 53.3. The Bertz CT molecular complexity index is 857. The maximum absolute atomic E-state index is 13.2. The molecular weight excluding hydrogens is 401 g/mol. The first-order valence-corrected chi connectivity index (χ1v) is 10.6. The van der Waals surface area contributed by atoms with Crippen LogP contribution in [0.5, 0.6) is 0 Å². The number of nitrogens with zero attached hydrogens (tertiary/aromatic N) is 2. The molecule has 1 aliphatic heterocycles. The van der Waals surface area contributed by atoms with Crippen molar-refractivity contribution in [2.24, 2.45) is 11.8 Å². The van der Waals surface area contributed by atoms with Gasteiger partial charge in [0.25, 0.3) is 0 Å². The number of likely N-dealkylation sites (N-methyl/N-ethyl adjacent to an activating group) is 1. The number of halogens is 1. The molecule has 4 amide bonds. The van der Waals surface area contributed by atoms with Gasteiger partial charge in [-0.1, -0.05) is 24.3 Å². The SMILES string of the molecule is CCNC(=O)C(C)N(Cc1ccc(F)cc1)C(=O)CCN1C(=O)[C@H]2CC=CC[C@H]2C1=O. The molecule has 1 N–H and O–H groups in total. The highest BCUT2D eigenvalue weighted by molar-refractivity contribution is 6.05.